The van der Waals surface area contributed by atoms with Gasteiger partial charge in [0.2, 0.25) is 0 Å². The zero-order chi connectivity index (χ0) is 21.3. The first-order valence-corrected chi connectivity index (χ1v) is 9.33. The first-order valence-electron chi connectivity index (χ1n) is 8.45. The van der Waals surface area contributed by atoms with E-state index in [4.69, 9.17) is 0 Å². The summed E-state index contributed by atoms with van der Waals surface area (Å²) in [4.78, 5) is 37.8. The molecular weight excluding hydrogens is 396 g/mol. The van der Waals surface area contributed by atoms with Crippen molar-refractivity contribution in [2.45, 2.75) is 20.8 Å². The number of thiazole rings is 1. The molecule has 0 atom stereocenters. The second-order valence-electron chi connectivity index (χ2n) is 6.46. The number of non-ortho nitro benzene ring substituents is 1. The van der Waals surface area contributed by atoms with Crippen molar-refractivity contribution in [3.8, 4) is 11.3 Å². The predicted octanol–water partition coefficient (Wildman–Crippen LogP) is 4.80. The van der Waals surface area contributed by atoms with Crippen LogP contribution < -0.4 is 5.32 Å². The molecule has 1 aromatic heterocycles. The van der Waals surface area contributed by atoms with Gasteiger partial charge in [0.1, 0.15) is 0 Å². The average Bonchev–Trinajstić information content (AvgIpc) is 3.09. The first kappa shape index (κ1) is 20.1. The minimum atomic E-state index is -0.773. The molecule has 148 valence electrons. The normalized spacial score (nSPS) is 10.6. The van der Waals surface area contributed by atoms with Crippen LogP contribution in [0.1, 0.15) is 27.0 Å². The minimum Gasteiger partial charge on any atom is -0.298 e. The number of nitro benzene ring substituents is 2. The lowest BCUT2D eigenvalue weighted by Crippen LogP contribution is -2.14. The van der Waals surface area contributed by atoms with E-state index in [1.54, 1.807) is 5.38 Å². The molecule has 0 aliphatic heterocycles. The molecule has 0 saturated carbocycles. The Morgan fingerprint density at radius 1 is 1.07 bits per heavy atom. The number of aryl methyl sites for hydroxylation is 2. The molecule has 10 heteroatoms. The fraction of sp³-hybridized carbons (Fsp3) is 0.158. The van der Waals surface area contributed by atoms with E-state index < -0.39 is 27.1 Å². The van der Waals surface area contributed by atoms with Gasteiger partial charge in [-0.05, 0) is 26.3 Å². The van der Waals surface area contributed by atoms with Crippen molar-refractivity contribution >= 4 is 33.8 Å². The molecule has 0 bridgehead atoms. The molecule has 1 heterocycles. The molecule has 0 aliphatic carbocycles. The summed E-state index contributed by atoms with van der Waals surface area (Å²) in [5, 5.41) is 26.9. The van der Waals surface area contributed by atoms with Gasteiger partial charge in [-0.2, -0.15) is 0 Å². The van der Waals surface area contributed by atoms with Crippen molar-refractivity contribution in [2.24, 2.45) is 0 Å². The number of anilines is 1. The third kappa shape index (κ3) is 4.11. The molecule has 1 amide bonds. The molecule has 0 radical (unpaired) electrons. The lowest BCUT2D eigenvalue weighted by molar-refractivity contribution is -0.394. The fourth-order valence-electron chi connectivity index (χ4n) is 2.94. The van der Waals surface area contributed by atoms with E-state index in [1.165, 1.54) is 18.3 Å². The third-order valence-electron chi connectivity index (χ3n) is 4.40. The van der Waals surface area contributed by atoms with E-state index in [0.717, 1.165) is 28.8 Å². The smallest absolute Gasteiger partial charge is 0.279 e. The number of benzene rings is 2. The summed E-state index contributed by atoms with van der Waals surface area (Å²) in [5.41, 5.74) is 2.66. The topological polar surface area (TPSA) is 128 Å². The van der Waals surface area contributed by atoms with Gasteiger partial charge in [0.15, 0.2) is 5.13 Å². The largest absolute Gasteiger partial charge is 0.298 e. The molecule has 0 fully saturated rings. The number of nitrogens with one attached hydrogen (secondary N) is 1. The Kier molecular flexibility index (Phi) is 5.37. The number of rotatable bonds is 5. The van der Waals surface area contributed by atoms with Gasteiger partial charge < -0.3 is 0 Å². The molecule has 29 heavy (non-hydrogen) atoms. The quantitative estimate of drug-likeness (QED) is 0.473. The second-order valence-corrected chi connectivity index (χ2v) is 7.32. The summed E-state index contributed by atoms with van der Waals surface area (Å²) in [6.45, 7) is 5.33. The van der Waals surface area contributed by atoms with Crippen molar-refractivity contribution < 1.29 is 14.6 Å². The molecule has 0 spiro atoms. The van der Waals surface area contributed by atoms with E-state index in [9.17, 15) is 25.0 Å². The number of hydrogen-bond acceptors (Lipinski definition) is 7. The Bertz CT molecular complexity index is 1160. The second kappa shape index (κ2) is 7.76. The van der Waals surface area contributed by atoms with Crippen LogP contribution in [0.15, 0.2) is 35.7 Å². The van der Waals surface area contributed by atoms with Gasteiger partial charge in [0, 0.05) is 22.6 Å². The molecule has 3 aromatic rings. The predicted molar refractivity (Wildman–Crippen MR) is 109 cm³/mol. The van der Waals surface area contributed by atoms with E-state index in [2.05, 4.69) is 10.3 Å². The molecule has 9 nitrogen and oxygen atoms in total. The lowest BCUT2D eigenvalue weighted by atomic mass is 10.0. The van der Waals surface area contributed by atoms with E-state index in [-0.39, 0.29) is 11.1 Å². The summed E-state index contributed by atoms with van der Waals surface area (Å²) in [6.07, 6.45) is 0. The number of aromatic nitrogens is 1. The van der Waals surface area contributed by atoms with Crippen LogP contribution in [-0.4, -0.2) is 20.7 Å². The van der Waals surface area contributed by atoms with E-state index in [0.29, 0.717) is 10.8 Å². The monoisotopic (exact) mass is 412 g/mol. The van der Waals surface area contributed by atoms with Gasteiger partial charge in [0.25, 0.3) is 17.3 Å². The Balaban J connectivity index is 1.92. The van der Waals surface area contributed by atoms with Gasteiger partial charge in [-0.15, -0.1) is 11.3 Å². The summed E-state index contributed by atoms with van der Waals surface area (Å²) in [7, 11) is 0. The lowest BCUT2D eigenvalue weighted by Gasteiger charge is -2.06. The van der Waals surface area contributed by atoms with Crippen LogP contribution in [0.3, 0.4) is 0 Å². The maximum atomic E-state index is 12.7. The number of carbonyl (C=O) groups excluding carboxylic acids is 1. The van der Waals surface area contributed by atoms with Crippen LogP contribution in [0.5, 0.6) is 0 Å². The van der Waals surface area contributed by atoms with E-state index in [1.807, 2.05) is 32.0 Å². The number of amides is 1. The highest BCUT2D eigenvalue weighted by atomic mass is 32.1. The van der Waals surface area contributed by atoms with Crippen molar-refractivity contribution in [1.82, 2.24) is 4.98 Å². The zero-order valence-electron chi connectivity index (χ0n) is 15.8. The highest BCUT2D eigenvalue weighted by molar-refractivity contribution is 7.14. The molecular formula is C19H16N4O5S. The molecule has 0 saturated heterocycles. The highest BCUT2D eigenvalue weighted by Crippen LogP contribution is 2.31. The minimum absolute atomic E-state index is 0.0456. The standard InChI is InChI=1S/C19H16N4O5S/c1-10-4-5-14(11(2)6-10)16-9-29-19(20-16)21-18(24)15-7-13(22(25)26)8-17(12(15)3)23(27)28/h4-9H,1-3H3,(H,20,21,24). The van der Waals surface area contributed by atoms with Gasteiger partial charge >= 0.3 is 0 Å². The van der Waals surface area contributed by atoms with Gasteiger partial charge in [-0.1, -0.05) is 23.8 Å². The van der Waals surface area contributed by atoms with Crippen LogP contribution in [0.4, 0.5) is 16.5 Å². The van der Waals surface area contributed by atoms with Crippen LogP contribution in [-0.2, 0) is 0 Å². The summed E-state index contributed by atoms with van der Waals surface area (Å²) < 4.78 is 0. The summed E-state index contributed by atoms with van der Waals surface area (Å²) in [6, 6.07) is 7.80. The third-order valence-corrected chi connectivity index (χ3v) is 5.16. The average molecular weight is 412 g/mol. The van der Waals surface area contributed by atoms with Crippen LogP contribution in [0.2, 0.25) is 0 Å². The van der Waals surface area contributed by atoms with Crippen LogP contribution in [0.25, 0.3) is 11.3 Å². The van der Waals surface area contributed by atoms with Gasteiger partial charge in [-0.3, -0.25) is 30.3 Å². The number of nitrogens with zero attached hydrogens (tertiary/aromatic N) is 3. The SMILES string of the molecule is Cc1ccc(-c2csc(NC(=O)c3cc([N+](=O)[O-])cc([N+](=O)[O-])c3C)n2)c(C)c1. The summed E-state index contributed by atoms with van der Waals surface area (Å²) in [5.74, 6) is -0.698. The Hall–Kier alpha value is -3.66. The van der Waals surface area contributed by atoms with Crippen molar-refractivity contribution in [3.05, 3.63) is 78.2 Å². The number of nitro groups is 2. The van der Waals surface area contributed by atoms with Gasteiger partial charge in [-0.25, -0.2) is 4.98 Å². The molecule has 3 rings (SSSR count). The highest BCUT2D eigenvalue weighted by Gasteiger charge is 2.25. The Morgan fingerprint density at radius 3 is 2.41 bits per heavy atom. The summed E-state index contributed by atoms with van der Waals surface area (Å²) >= 11 is 1.20. The van der Waals surface area contributed by atoms with Crippen molar-refractivity contribution in [1.29, 1.82) is 0 Å². The van der Waals surface area contributed by atoms with Crippen molar-refractivity contribution in [2.75, 3.05) is 5.32 Å². The maximum absolute atomic E-state index is 12.7. The first-order chi connectivity index (χ1) is 13.7. The van der Waals surface area contributed by atoms with Crippen LogP contribution in [0, 0.1) is 41.0 Å². The van der Waals surface area contributed by atoms with Crippen LogP contribution >= 0.6 is 11.3 Å². The molecule has 0 aliphatic rings. The fourth-order valence-corrected chi connectivity index (χ4v) is 3.64. The van der Waals surface area contributed by atoms with Gasteiger partial charge in [0.05, 0.1) is 27.2 Å². The zero-order valence-corrected chi connectivity index (χ0v) is 16.6. The molecule has 2 aromatic carbocycles. The molecule has 0 unspecified atom stereocenters. The number of carbonyl (C=O) groups is 1. The number of hydrogen-bond donors (Lipinski definition) is 1. The Morgan fingerprint density at radius 2 is 1.79 bits per heavy atom. The Labute approximate surface area is 169 Å². The molecule has 1 N–H and O–H groups in total. The van der Waals surface area contributed by atoms with E-state index >= 15 is 0 Å². The maximum Gasteiger partial charge on any atom is 0.279 e. The van der Waals surface area contributed by atoms with Crippen molar-refractivity contribution in [3.63, 3.8) is 0 Å².